The van der Waals surface area contributed by atoms with Crippen LogP contribution < -0.4 is 5.73 Å². The van der Waals surface area contributed by atoms with Crippen LogP contribution in [0.2, 0.25) is 0 Å². The number of rotatable bonds is 1. The molecule has 0 amide bonds. The van der Waals surface area contributed by atoms with E-state index < -0.39 is 5.97 Å². The fourth-order valence-corrected chi connectivity index (χ4v) is 1.92. The highest BCUT2D eigenvalue weighted by Gasteiger charge is 2.16. The minimum atomic E-state index is -0.869. The monoisotopic (exact) mass is 227 g/mol. The van der Waals surface area contributed by atoms with Crippen LogP contribution in [0.3, 0.4) is 0 Å². The second-order valence-electron chi connectivity index (χ2n) is 3.79. The van der Waals surface area contributed by atoms with Gasteiger partial charge in [0.1, 0.15) is 0 Å². The first-order valence-electron chi connectivity index (χ1n) is 4.77. The Hall–Kier alpha value is -1.06. The zero-order valence-corrected chi connectivity index (χ0v) is 9.09. The molecular weight excluding hydrogens is 214 g/mol. The summed E-state index contributed by atoms with van der Waals surface area (Å²) in [7, 11) is 0. The zero-order valence-electron chi connectivity index (χ0n) is 8.27. The summed E-state index contributed by atoms with van der Waals surface area (Å²) in [5, 5.41) is 8.82. The summed E-state index contributed by atoms with van der Waals surface area (Å²) in [6, 6.07) is 5.51. The van der Waals surface area contributed by atoms with Gasteiger partial charge in [0.2, 0.25) is 0 Å². The predicted octanol–water partition coefficient (Wildman–Crippen LogP) is 1.62. The summed E-state index contributed by atoms with van der Waals surface area (Å²) in [5.41, 5.74) is 8.53. The molecule has 3 N–H and O–H groups in total. The molecule has 0 radical (unpaired) electrons. The van der Waals surface area contributed by atoms with Crippen molar-refractivity contribution in [2.45, 2.75) is 25.3 Å². The molecular formula is C11H14ClNO2. The van der Waals surface area contributed by atoms with Gasteiger partial charge in [-0.15, -0.1) is 12.4 Å². The lowest BCUT2D eigenvalue weighted by molar-refractivity contribution is 0.0696. The Bertz CT molecular complexity index is 379. The minimum Gasteiger partial charge on any atom is -0.478 e. The van der Waals surface area contributed by atoms with Gasteiger partial charge in [-0.3, -0.25) is 0 Å². The normalized spacial score (nSPS) is 18.9. The van der Waals surface area contributed by atoms with Crippen LogP contribution in [0.25, 0.3) is 0 Å². The van der Waals surface area contributed by atoms with Crippen LogP contribution >= 0.6 is 12.4 Å². The van der Waals surface area contributed by atoms with Crippen LogP contribution in [-0.4, -0.2) is 17.1 Å². The molecule has 0 heterocycles. The molecule has 1 aromatic rings. The smallest absolute Gasteiger partial charge is 0.335 e. The van der Waals surface area contributed by atoms with Crippen LogP contribution in [0.4, 0.5) is 0 Å². The van der Waals surface area contributed by atoms with E-state index in [1.165, 1.54) is 5.56 Å². The topological polar surface area (TPSA) is 63.3 Å². The van der Waals surface area contributed by atoms with E-state index >= 15 is 0 Å². The largest absolute Gasteiger partial charge is 0.478 e. The molecule has 0 saturated carbocycles. The van der Waals surface area contributed by atoms with E-state index in [0.717, 1.165) is 24.8 Å². The van der Waals surface area contributed by atoms with Crippen molar-refractivity contribution in [2.24, 2.45) is 5.73 Å². The molecule has 1 aliphatic carbocycles. The quantitative estimate of drug-likeness (QED) is 0.767. The number of carbonyl (C=O) groups is 1. The van der Waals surface area contributed by atoms with Crippen LogP contribution in [0.5, 0.6) is 0 Å². The predicted molar refractivity (Wildman–Crippen MR) is 60.6 cm³/mol. The molecule has 1 aliphatic rings. The van der Waals surface area contributed by atoms with E-state index in [2.05, 4.69) is 0 Å². The van der Waals surface area contributed by atoms with Crippen molar-refractivity contribution in [3.63, 3.8) is 0 Å². The number of benzene rings is 1. The van der Waals surface area contributed by atoms with Gasteiger partial charge in [0.15, 0.2) is 0 Å². The Morgan fingerprint density at radius 1 is 1.40 bits per heavy atom. The molecule has 0 aliphatic heterocycles. The number of aromatic carboxylic acids is 1. The van der Waals surface area contributed by atoms with Gasteiger partial charge < -0.3 is 10.8 Å². The van der Waals surface area contributed by atoms with Gasteiger partial charge in [0.25, 0.3) is 0 Å². The Morgan fingerprint density at radius 3 is 2.80 bits per heavy atom. The van der Waals surface area contributed by atoms with E-state index in [9.17, 15) is 4.79 Å². The van der Waals surface area contributed by atoms with Crippen LogP contribution in [0, 0.1) is 0 Å². The van der Waals surface area contributed by atoms with E-state index in [1.807, 2.05) is 6.07 Å². The number of carboxylic acids is 1. The third-order valence-electron chi connectivity index (χ3n) is 2.72. The number of hydrogen-bond donors (Lipinski definition) is 2. The minimum absolute atomic E-state index is 0. The maximum Gasteiger partial charge on any atom is 0.335 e. The molecule has 0 unspecified atom stereocenters. The molecule has 15 heavy (non-hydrogen) atoms. The maximum absolute atomic E-state index is 10.7. The molecule has 4 heteroatoms. The Kier molecular flexibility index (Phi) is 3.72. The van der Waals surface area contributed by atoms with Gasteiger partial charge >= 0.3 is 5.97 Å². The average molecular weight is 228 g/mol. The van der Waals surface area contributed by atoms with Gasteiger partial charge in [-0.25, -0.2) is 4.79 Å². The summed E-state index contributed by atoms with van der Waals surface area (Å²) < 4.78 is 0. The Morgan fingerprint density at radius 2 is 2.13 bits per heavy atom. The lowest BCUT2D eigenvalue weighted by atomic mass is 9.88. The lowest BCUT2D eigenvalue weighted by Gasteiger charge is -2.21. The molecule has 2 rings (SSSR count). The molecule has 3 nitrogen and oxygen atoms in total. The van der Waals surface area contributed by atoms with Crippen LogP contribution in [0.15, 0.2) is 18.2 Å². The number of aryl methyl sites for hydroxylation is 1. The number of carboxylic acid groups (broad SMARTS) is 1. The van der Waals surface area contributed by atoms with E-state index in [0.29, 0.717) is 5.56 Å². The van der Waals surface area contributed by atoms with Gasteiger partial charge in [-0.1, -0.05) is 6.07 Å². The molecule has 0 bridgehead atoms. The highest BCUT2D eigenvalue weighted by molar-refractivity contribution is 5.87. The summed E-state index contributed by atoms with van der Waals surface area (Å²) in [6.07, 6.45) is 2.77. The van der Waals surface area contributed by atoms with Gasteiger partial charge in [0, 0.05) is 6.04 Å². The van der Waals surface area contributed by atoms with E-state index in [4.69, 9.17) is 10.8 Å². The summed E-state index contributed by atoms with van der Waals surface area (Å²) in [6.45, 7) is 0. The standard InChI is InChI=1S/C11H13NO2.ClH/c12-10-4-3-7-1-2-8(11(13)14)5-9(7)6-10;/h1-2,5,10H,3-4,6,12H2,(H,13,14);1H/t10-;/m0./s1. The fraction of sp³-hybridized carbons (Fsp3) is 0.364. The summed E-state index contributed by atoms with van der Waals surface area (Å²) in [4.78, 5) is 10.7. The van der Waals surface area contributed by atoms with Crippen molar-refractivity contribution in [3.8, 4) is 0 Å². The van der Waals surface area contributed by atoms with Crippen LogP contribution in [-0.2, 0) is 12.8 Å². The molecule has 1 aromatic carbocycles. The Labute approximate surface area is 94.7 Å². The number of halogens is 1. The second-order valence-corrected chi connectivity index (χ2v) is 3.79. The highest BCUT2D eigenvalue weighted by atomic mass is 35.5. The molecule has 0 fully saturated rings. The van der Waals surface area contributed by atoms with Gasteiger partial charge in [0.05, 0.1) is 5.56 Å². The second kappa shape index (κ2) is 4.64. The molecule has 82 valence electrons. The van der Waals surface area contributed by atoms with Crippen molar-refractivity contribution in [3.05, 3.63) is 34.9 Å². The molecule has 0 saturated heterocycles. The highest BCUT2D eigenvalue weighted by Crippen LogP contribution is 2.21. The van der Waals surface area contributed by atoms with Crippen LogP contribution in [0.1, 0.15) is 27.9 Å². The van der Waals surface area contributed by atoms with Gasteiger partial charge in [-0.2, -0.15) is 0 Å². The van der Waals surface area contributed by atoms with Gasteiger partial charge in [-0.05, 0) is 42.5 Å². The van der Waals surface area contributed by atoms with Crippen molar-refractivity contribution < 1.29 is 9.90 Å². The first-order chi connectivity index (χ1) is 6.66. The third-order valence-corrected chi connectivity index (χ3v) is 2.72. The number of fused-ring (bicyclic) bond motifs is 1. The lowest BCUT2D eigenvalue weighted by Crippen LogP contribution is -2.28. The summed E-state index contributed by atoms with van der Waals surface area (Å²) >= 11 is 0. The van der Waals surface area contributed by atoms with Crippen molar-refractivity contribution >= 4 is 18.4 Å². The molecule has 0 spiro atoms. The fourth-order valence-electron chi connectivity index (χ4n) is 1.92. The summed E-state index contributed by atoms with van der Waals surface area (Å²) in [5.74, 6) is -0.869. The van der Waals surface area contributed by atoms with E-state index in [-0.39, 0.29) is 18.4 Å². The zero-order chi connectivity index (χ0) is 10.1. The SMILES string of the molecule is Cl.N[C@H]1CCc2ccc(C(=O)O)cc2C1. The first-order valence-corrected chi connectivity index (χ1v) is 4.77. The first kappa shape index (κ1) is 12.0. The van der Waals surface area contributed by atoms with Crippen molar-refractivity contribution in [2.75, 3.05) is 0 Å². The Balaban J connectivity index is 0.00000112. The molecule has 0 aromatic heterocycles. The van der Waals surface area contributed by atoms with Crippen molar-refractivity contribution in [1.29, 1.82) is 0 Å². The number of hydrogen-bond acceptors (Lipinski definition) is 2. The molecule has 1 atom stereocenters. The third kappa shape index (κ3) is 2.49. The van der Waals surface area contributed by atoms with Crippen molar-refractivity contribution in [1.82, 2.24) is 0 Å². The number of nitrogens with two attached hydrogens (primary N) is 1. The van der Waals surface area contributed by atoms with E-state index in [1.54, 1.807) is 12.1 Å². The average Bonchev–Trinajstić information content (AvgIpc) is 2.16. The maximum atomic E-state index is 10.7.